The van der Waals surface area contributed by atoms with Crippen LogP contribution >= 0.6 is 0 Å². The van der Waals surface area contributed by atoms with Crippen LogP contribution in [-0.2, 0) is 6.42 Å². The molecule has 0 spiro atoms. The van der Waals surface area contributed by atoms with Gasteiger partial charge >= 0.3 is 0 Å². The van der Waals surface area contributed by atoms with E-state index in [1.807, 2.05) is 6.07 Å². The summed E-state index contributed by atoms with van der Waals surface area (Å²) in [6.07, 6.45) is 2.70. The van der Waals surface area contributed by atoms with Gasteiger partial charge in [0.1, 0.15) is 5.76 Å². The van der Waals surface area contributed by atoms with Gasteiger partial charge in [0, 0.05) is 18.9 Å². The fraction of sp³-hybridized carbons (Fsp3) is 0.375. The Morgan fingerprint density at radius 1 is 1.17 bits per heavy atom. The zero-order chi connectivity index (χ0) is 12.8. The molecule has 1 heterocycles. The van der Waals surface area contributed by atoms with Crippen LogP contribution in [0.2, 0.25) is 0 Å². The number of aryl methyl sites for hydroxylation is 1. The van der Waals surface area contributed by atoms with Crippen molar-refractivity contribution in [2.75, 3.05) is 13.1 Å². The summed E-state index contributed by atoms with van der Waals surface area (Å²) in [5.41, 5.74) is 2.77. The zero-order valence-electron chi connectivity index (χ0n) is 11.1. The summed E-state index contributed by atoms with van der Waals surface area (Å²) in [7, 11) is 0. The van der Waals surface area contributed by atoms with Crippen LogP contribution in [0.1, 0.15) is 29.7 Å². The van der Waals surface area contributed by atoms with Crippen molar-refractivity contribution in [1.29, 1.82) is 0 Å². The molecule has 0 bridgehead atoms. The van der Waals surface area contributed by atoms with E-state index < -0.39 is 0 Å². The summed E-state index contributed by atoms with van der Waals surface area (Å²) >= 11 is 0. The number of benzene rings is 1. The molecule has 1 aromatic carbocycles. The number of hydrogen-bond donors (Lipinski definition) is 1. The second kappa shape index (κ2) is 6.41. The van der Waals surface area contributed by atoms with Gasteiger partial charge in [-0.2, -0.15) is 0 Å². The van der Waals surface area contributed by atoms with Crippen LogP contribution in [-0.4, -0.2) is 13.1 Å². The highest BCUT2D eigenvalue weighted by molar-refractivity contribution is 5.30. The van der Waals surface area contributed by atoms with E-state index in [2.05, 4.69) is 49.5 Å². The first-order valence-electron chi connectivity index (χ1n) is 6.60. The van der Waals surface area contributed by atoms with E-state index in [1.54, 1.807) is 6.26 Å². The molecule has 0 radical (unpaired) electrons. The van der Waals surface area contributed by atoms with Gasteiger partial charge in [-0.25, -0.2) is 0 Å². The van der Waals surface area contributed by atoms with E-state index >= 15 is 0 Å². The highest BCUT2D eigenvalue weighted by Crippen LogP contribution is 2.23. The van der Waals surface area contributed by atoms with Crippen molar-refractivity contribution in [3.05, 3.63) is 59.5 Å². The first-order valence-corrected chi connectivity index (χ1v) is 6.60. The molecule has 18 heavy (non-hydrogen) atoms. The molecule has 0 saturated heterocycles. The van der Waals surface area contributed by atoms with E-state index in [0.29, 0.717) is 5.92 Å². The second-order valence-corrected chi connectivity index (χ2v) is 4.64. The fourth-order valence-corrected chi connectivity index (χ4v) is 2.33. The van der Waals surface area contributed by atoms with Crippen molar-refractivity contribution in [2.24, 2.45) is 0 Å². The van der Waals surface area contributed by atoms with Crippen LogP contribution in [0.25, 0.3) is 0 Å². The lowest BCUT2D eigenvalue weighted by Crippen LogP contribution is -2.23. The first kappa shape index (κ1) is 12.9. The molecule has 1 atom stereocenters. The summed E-state index contributed by atoms with van der Waals surface area (Å²) in [6.45, 7) is 6.31. The maximum atomic E-state index is 5.48. The van der Waals surface area contributed by atoms with Crippen LogP contribution in [0.3, 0.4) is 0 Å². The van der Waals surface area contributed by atoms with Crippen LogP contribution in [0.4, 0.5) is 0 Å². The molecule has 0 aliphatic heterocycles. The van der Waals surface area contributed by atoms with E-state index in [1.165, 1.54) is 11.1 Å². The molecule has 1 unspecified atom stereocenters. The van der Waals surface area contributed by atoms with Crippen molar-refractivity contribution < 1.29 is 4.42 Å². The summed E-state index contributed by atoms with van der Waals surface area (Å²) in [5, 5.41) is 3.44. The van der Waals surface area contributed by atoms with Crippen molar-refractivity contribution in [3.63, 3.8) is 0 Å². The monoisotopic (exact) mass is 243 g/mol. The molecule has 0 saturated carbocycles. The topological polar surface area (TPSA) is 25.2 Å². The third kappa shape index (κ3) is 3.23. The van der Waals surface area contributed by atoms with Crippen LogP contribution < -0.4 is 5.32 Å². The standard InChI is InChI=1S/C16H21NO/c1-3-17-12-14(11-15-8-6-10-18-15)16-9-5-4-7-13(16)2/h4-10,14,17H,3,11-12H2,1-2H3. The molecule has 2 heteroatoms. The lowest BCUT2D eigenvalue weighted by molar-refractivity contribution is 0.474. The molecule has 0 aliphatic carbocycles. The predicted octanol–water partition coefficient (Wildman–Crippen LogP) is 3.52. The molecule has 1 N–H and O–H groups in total. The Labute approximate surface area is 109 Å². The minimum absolute atomic E-state index is 0.470. The summed E-state index contributed by atoms with van der Waals surface area (Å²) < 4.78 is 5.48. The average molecular weight is 243 g/mol. The lowest BCUT2D eigenvalue weighted by atomic mass is 9.91. The van der Waals surface area contributed by atoms with Crippen molar-refractivity contribution in [2.45, 2.75) is 26.2 Å². The summed E-state index contributed by atoms with van der Waals surface area (Å²) in [5.74, 6) is 1.53. The molecule has 0 amide bonds. The van der Waals surface area contributed by atoms with Gasteiger partial charge in [-0.1, -0.05) is 31.2 Å². The maximum absolute atomic E-state index is 5.48. The molecular weight excluding hydrogens is 222 g/mol. The van der Waals surface area contributed by atoms with Crippen molar-refractivity contribution >= 4 is 0 Å². The van der Waals surface area contributed by atoms with E-state index in [0.717, 1.165) is 25.3 Å². The largest absolute Gasteiger partial charge is 0.469 e. The molecule has 1 aromatic heterocycles. The zero-order valence-corrected chi connectivity index (χ0v) is 11.1. The molecule has 2 rings (SSSR count). The van der Waals surface area contributed by atoms with Gasteiger partial charge in [-0.3, -0.25) is 0 Å². The number of likely N-dealkylation sites (N-methyl/N-ethyl adjacent to an activating group) is 1. The third-order valence-corrected chi connectivity index (χ3v) is 3.30. The highest BCUT2D eigenvalue weighted by Gasteiger charge is 2.15. The number of hydrogen-bond acceptors (Lipinski definition) is 2. The van der Waals surface area contributed by atoms with Crippen LogP contribution in [0.15, 0.2) is 47.1 Å². The van der Waals surface area contributed by atoms with E-state index in [4.69, 9.17) is 4.42 Å². The number of rotatable bonds is 6. The van der Waals surface area contributed by atoms with Gasteiger partial charge in [-0.05, 0) is 36.7 Å². The van der Waals surface area contributed by atoms with E-state index in [9.17, 15) is 0 Å². The quantitative estimate of drug-likeness (QED) is 0.839. The first-order chi connectivity index (χ1) is 8.81. The Morgan fingerprint density at radius 3 is 2.67 bits per heavy atom. The minimum Gasteiger partial charge on any atom is -0.469 e. The maximum Gasteiger partial charge on any atom is 0.104 e. The minimum atomic E-state index is 0.470. The Balaban J connectivity index is 2.16. The molecule has 2 nitrogen and oxygen atoms in total. The smallest absolute Gasteiger partial charge is 0.104 e. The van der Waals surface area contributed by atoms with Gasteiger partial charge < -0.3 is 9.73 Å². The molecule has 0 aliphatic rings. The van der Waals surface area contributed by atoms with Crippen LogP contribution in [0.5, 0.6) is 0 Å². The average Bonchev–Trinajstić information content (AvgIpc) is 2.88. The molecule has 96 valence electrons. The summed E-state index contributed by atoms with van der Waals surface area (Å²) in [6, 6.07) is 12.6. The van der Waals surface area contributed by atoms with Gasteiger partial charge in [0.2, 0.25) is 0 Å². The van der Waals surface area contributed by atoms with Gasteiger partial charge in [0.15, 0.2) is 0 Å². The van der Waals surface area contributed by atoms with Crippen molar-refractivity contribution in [1.82, 2.24) is 5.32 Å². The SMILES string of the molecule is CCNCC(Cc1ccco1)c1ccccc1C. The van der Waals surface area contributed by atoms with Gasteiger partial charge in [0.05, 0.1) is 6.26 Å². The molecule has 2 aromatic rings. The Hall–Kier alpha value is -1.54. The number of furan rings is 1. The van der Waals surface area contributed by atoms with Crippen molar-refractivity contribution in [3.8, 4) is 0 Å². The second-order valence-electron chi connectivity index (χ2n) is 4.64. The molecule has 0 fully saturated rings. The van der Waals surface area contributed by atoms with Gasteiger partial charge in [0.25, 0.3) is 0 Å². The lowest BCUT2D eigenvalue weighted by Gasteiger charge is -2.18. The molecular formula is C16H21NO. The van der Waals surface area contributed by atoms with Gasteiger partial charge in [-0.15, -0.1) is 0 Å². The number of nitrogens with one attached hydrogen (secondary N) is 1. The Kier molecular flexibility index (Phi) is 4.59. The predicted molar refractivity (Wildman–Crippen MR) is 74.9 cm³/mol. The summed E-state index contributed by atoms with van der Waals surface area (Å²) in [4.78, 5) is 0. The Morgan fingerprint density at radius 2 is 2.00 bits per heavy atom. The third-order valence-electron chi connectivity index (χ3n) is 3.30. The highest BCUT2D eigenvalue weighted by atomic mass is 16.3. The van der Waals surface area contributed by atoms with E-state index in [-0.39, 0.29) is 0 Å². The van der Waals surface area contributed by atoms with Crippen LogP contribution in [0, 0.1) is 6.92 Å². The fourth-order valence-electron chi connectivity index (χ4n) is 2.33. The Bertz CT molecular complexity index is 462. The normalized spacial score (nSPS) is 12.6.